The van der Waals surface area contributed by atoms with Crippen LogP contribution in [0.15, 0.2) is 45.9 Å². The van der Waals surface area contributed by atoms with E-state index < -0.39 is 11.0 Å². The molecule has 0 atom stereocenters. The third-order valence-electron chi connectivity index (χ3n) is 3.13. The average Bonchev–Trinajstić information content (AvgIpc) is 2.61. The molecule has 2 amide bonds. The van der Waals surface area contributed by atoms with Crippen LogP contribution in [-0.2, 0) is 4.74 Å². The normalized spacial score (nSPS) is 11.0. The number of carbonyl (C=O) groups excluding carboxylic acids is 1. The van der Waals surface area contributed by atoms with E-state index in [0.717, 1.165) is 4.47 Å². The lowest BCUT2D eigenvalue weighted by Gasteiger charge is -2.11. The minimum atomic E-state index is -0.710. The van der Waals surface area contributed by atoms with Crippen LogP contribution in [0.5, 0.6) is 11.5 Å². The highest BCUT2D eigenvalue weighted by Gasteiger charge is 2.21. The van der Waals surface area contributed by atoms with Gasteiger partial charge in [-0.1, -0.05) is 27.5 Å². The summed E-state index contributed by atoms with van der Waals surface area (Å²) in [5.74, 6) is 0.400. The van der Waals surface area contributed by atoms with Crippen LogP contribution in [0, 0.1) is 10.1 Å². The van der Waals surface area contributed by atoms with Gasteiger partial charge in [0, 0.05) is 23.7 Å². The lowest BCUT2D eigenvalue weighted by atomic mass is 10.1. The van der Waals surface area contributed by atoms with Gasteiger partial charge in [0.1, 0.15) is 17.1 Å². The summed E-state index contributed by atoms with van der Waals surface area (Å²) in [4.78, 5) is 25.8. The molecule has 0 aromatic heterocycles. The minimum Gasteiger partial charge on any atom is -0.480 e. The van der Waals surface area contributed by atoms with Crippen LogP contribution in [0.2, 0.25) is 5.02 Å². The molecule has 10 heteroatoms. The molecule has 0 bridgehead atoms. The molecule has 2 aromatic rings. The predicted octanol–water partition coefficient (Wildman–Crippen LogP) is 4.54. The van der Waals surface area contributed by atoms with E-state index in [4.69, 9.17) is 21.1 Å². The van der Waals surface area contributed by atoms with Crippen molar-refractivity contribution in [1.29, 1.82) is 0 Å². The van der Waals surface area contributed by atoms with Crippen molar-refractivity contribution in [1.82, 2.24) is 5.32 Å². The van der Waals surface area contributed by atoms with Crippen LogP contribution in [0.1, 0.15) is 5.56 Å². The Labute approximate surface area is 162 Å². The van der Waals surface area contributed by atoms with Gasteiger partial charge < -0.3 is 14.8 Å². The molecule has 0 aliphatic heterocycles. The maximum absolute atomic E-state index is 11.5. The van der Waals surface area contributed by atoms with E-state index >= 15 is 0 Å². The Kier molecular flexibility index (Phi) is 6.53. The number of ether oxygens (including phenoxy) is 2. The van der Waals surface area contributed by atoms with Crippen molar-refractivity contribution in [3.63, 3.8) is 0 Å². The Morgan fingerprint density at radius 3 is 2.62 bits per heavy atom. The average molecular weight is 443 g/mol. The number of nitro benzene ring substituents is 1. The Balaban J connectivity index is 2.49. The number of benzene rings is 2. The van der Waals surface area contributed by atoms with Crippen molar-refractivity contribution >= 4 is 45.1 Å². The van der Waals surface area contributed by atoms with E-state index in [1.165, 1.54) is 32.4 Å². The third-order valence-corrected chi connectivity index (χ3v) is 3.92. The van der Waals surface area contributed by atoms with Crippen LogP contribution in [-0.4, -0.2) is 31.0 Å². The van der Waals surface area contributed by atoms with Crippen molar-refractivity contribution in [2.75, 3.05) is 14.2 Å². The van der Waals surface area contributed by atoms with Gasteiger partial charge in [-0.05, 0) is 24.3 Å². The monoisotopic (exact) mass is 441 g/mol. The van der Waals surface area contributed by atoms with E-state index in [1.807, 2.05) is 0 Å². The number of rotatable bonds is 4. The molecule has 0 spiro atoms. The summed E-state index contributed by atoms with van der Waals surface area (Å²) in [5, 5.41) is 13.9. The molecule has 26 heavy (non-hydrogen) atoms. The highest BCUT2D eigenvalue weighted by Crippen LogP contribution is 2.33. The lowest BCUT2D eigenvalue weighted by molar-refractivity contribution is -0.385. The smallest absolute Gasteiger partial charge is 0.343 e. The lowest BCUT2D eigenvalue weighted by Crippen LogP contribution is -2.17. The van der Waals surface area contributed by atoms with Gasteiger partial charge >= 0.3 is 6.03 Å². The zero-order chi connectivity index (χ0) is 19.3. The largest absolute Gasteiger partial charge is 0.480 e. The molecular formula is C16H13BrClN3O5. The second-order valence-electron chi connectivity index (χ2n) is 4.79. The number of urea groups is 1. The fourth-order valence-corrected chi connectivity index (χ4v) is 2.67. The number of nitro groups is 1. The molecule has 0 heterocycles. The second-order valence-corrected chi connectivity index (χ2v) is 6.11. The van der Waals surface area contributed by atoms with Crippen molar-refractivity contribution < 1.29 is 19.2 Å². The summed E-state index contributed by atoms with van der Waals surface area (Å²) in [7, 11) is 2.63. The summed E-state index contributed by atoms with van der Waals surface area (Å²) in [6.45, 7) is 0. The first-order valence-corrected chi connectivity index (χ1v) is 8.29. The van der Waals surface area contributed by atoms with Crippen LogP contribution >= 0.6 is 27.5 Å². The molecule has 1 N–H and O–H groups in total. The first-order chi connectivity index (χ1) is 12.3. The van der Waals surface area contributed by atoms with Gasteiger partial charge in [-0.25, -0.2) is 4.79 Å². The number of carbonyl (C=O) groups is 1. The van der Waals surface area contributed by atoms with E-state index in [9.17, 15) is 14.9 Å². The highest BCUT2D eigenvalue weighted by molar-refractivity contribution is 9.10. The van der Waals surface area contributed by atoms with Gasteiger partial charge in [0.25, 0.3) is 5.69 Å². The fourth-order valence-electron chi connectivity index (χ4n) is 1.96. The van der Waals surface area contributed by atoms with Crippen molar-refractivity contribution in [2.45, 2.75) is 0 Å². The number of hydrogen-bond acceptors (Lipinski definition) is 5. The number of halogens is 2. The molecule has 0 aliphatic rings. The van der Waals surface area contributed by atoms with Crippen molar-refractivity contribution in [3.05, 3.63) is 61.6 Å². The van der Waals surface area contributed by atoms with Crippen LogP contribution in [0.3, 0.4) is 0 Å². The highest BCUT2D eigenvalue weighted by atomic mass is 79.9. The zero-order valence-corrected chi connectivity index (χ0v) is 16.0. The standard InChI is InChI=1S/C16H13BrClN3O5/c1-19-16(22)20-15(25-2)11-8-10(4-5-13(11)21(23)24)26-14-6-3-9(17)7-12(14)18/h3-8H,1-2H3,(H,19,22). The number of amides is 2. The van der Waals surface area contributed by atoms with Gasteiger partial charge in [-0.3, -0.25) is 10.1 Å². The van der Waals surface area contributed by atoms with Crippen LogP contribution < -0.4 is 10.1 Å². The topological polar surface area (TPSA) is 103 Å². The van der Waals surface area contributed by atoms with Crippen LogP contribution in [0.4, 0.5) is 10.5 Å². The van der Waals surface area contributed by atoms with E-state index in [-0.39, 0.29) is 22.9 Å². The van der Waals surface area contributed by atoms with Gasteiger partial charge in [0.05, 0.1) is 17.1 Å². The summed E-state index contributed by atoms with van der Waals surface area (Å²) in [6.07, 6.45) is 0. The van der Waals surface area contributed by atoms with Crippen LogP contribution in [0.25, 0.3) is 0 Å². The maximum Gasteiger partial charge on any atom is 0.343 e. The molecular weight excluding hydrogens is 430 g/mol. The van der Waals surface area contributed by atoms with E-state index in [0.29, 0.717) is 10.8 Å². The SMILES string of the molecule is CNC(=O)N=C(OC)c1cc(Oc2ccc(Br)cc2Cl)ccc1[N+](=O)[O-]. The summed E-state index contributed by atoms with van der Waals surface area (Å²) in [5.41, 5.74) is -0.296. The first kappa shape index (κ1) is 19.7. The third kappa shape index (κ3) is 4.70. The maximum atomic E-state index is 11.5. The summed E-state index contributed by atoms with van der Waals surface area (Å²) < 4.78 is 11.5. The number of nitrogens with one attached hydrogen (secondary N) is 1. The molecule has 0 radical (unpaired) electrons. The molecule has 0 saturated heterocycles. The van der Waals surface area contributed by atoms with Gasteiger partial charge in [0.15, 0.2) is 0 Å². The molecule has 8 nitrogen and oxygen atoms in total. The molecule has 0 fully saturated rings. The number of aliphatic imine (C=N–C) groups is 1. The number of nitrogens with zero attached hydrogens (tertiary/aromatic N) is 2. The quantitative estimate of drug-likeness (QED) is 0.324. The zero-order valence-electron chi connectivity index (χ0n) is 13.7. The number of methoxy groups -OCH3 is 1. The Morgan fingerprint density at radius 2 is 2.04 bits per heavy atom. The van der Waals surface area contributed by atoms with E-state index in [2.05, 4.69) is 26.2 Å². The summed E-state index contributed by atoms with van der Waals surface area (Å²) >= 11 is 9.41. The first-order valence-electron chi connectivity index (χ1n) is 7.11. The molecule has 2 rings (SSSR count). The number of hydrogen-bond donors (Lipinski definition) is 1. The van der Waals surface area contributed by atoms with Gasteiger partial charge in [0.2, 0.25) is 5.90 Å². The molecule has 0 unspecified atom stereocenters. The Hall–Kier alpha value is -2.65. The molecule has 2 aromatic carbocycles. The van der Waals surface area contributed by atoms with Crippen molar-refractivity contribution in [2.24, 2.45) is 4.99 Å². The summed E-state index contributed by atoms with van der Waals surface area (Å²) in [6, 6.07) is 8.31. The Morgan fingerprint density at radius 1 is 1.31 bits per heavy atom. The predicted molar refractivity (Wildman–Crippen MR) is 100 cm³/mol. The second kappa shape index (κ2) is 8.63. The van der Waals surface area contributed by atoms with Gasteiger partial charge in [-0.2, -0.15) is 4.99 Å². The minimum absolute atomic E-state index is 0.00756. The fraction of sp³-hybridized carbons (Fsp3) is 0.125. The molecule has 0 aliphatic carbocycles. The Bertz CT molecular complexity index is 888. The van der Waals surface area contributed by atoms with Gasteiger partial charge in [-0.15, -0.1) is 0 Å². The molecule has 136 valence electrons. The van der Waals surface area contributed by atoms with E-state index in [1.54, 1.807) is 18.2 Å². The van der Waals surface area contributed by atoms with Crippen molar-refractivity contribution in [3.8, 4) is 11.5 Å². The molecule has 0 saturated carbocycles.